The maximum absolute atomic E-state index is 3.61. The summed E-state index contributed by atoms with van der Waals surface area (Å²) in [5, 5.41) is 3.61. The molecule has 1 aliphatic rings. The van der Waals surface area contributed by atoms with Crippen molar-refractivity contribution in [1.82, 2.24) is 5.32 Å². The predicted molar refractivity (Wildman–Crippen MR) is 92.2 cm³/mol. The van der Waals surface area contributed by atoms with Crippen LogP contribution in [0.2, 0.25) is 0 Å². The van der Waals surface area contributed by atoms with E-state index >= 15 is 0 Å². The number of thiophene rings is 1. The minimum atomic E-state index is 0.418. The zero-order valence-corrected chi connectivity index (χ0v) is 13.7. The molecule has 21 heavy (non-hydrogen) atoms. The molecule has 0 bridgehead atoms. The third kappa shape index (κ3) is 3.66. The number of nitrogens with zero attached hydrogens (tertiary/aromatic N) is 1. The van der Waals surface area contributed by atoms with Crippen LogP contribution in [-0.2, 0) is 6.54 Å². The van der Waals surface area contributed by atoms with E-state index in [9.17, 15) is 0 Å². The summed E-state index contributed by atoms with van der Waals surface area (Å²) in [6.45, 7) is 7.76. The Morgan fingerprint density at radius 1 is 1.10 bits per heavy atom. The number of hydrogen-bond donors (Lipinski definition) is 1. The maximum atomic E-state index is 3.61. The molecule has 0 aliphatic carbocycles. The molecule has 1 aliphatic heterocycles. The van der Waals surface area contributed by atoms with Crippen molar-refractivity contribution < 1.29 is 0 Å². The van der Waals surface area contributed by atoms with Gasteiger partial charge in [-0.15, -0.1) is 11.3 Å². The standard InChI is InChI=1S/C18H24N2S/c1-14-5-10-18(21-14)15(2)19-13-16-6-8-17(9-7-16)20-11-3-4-12-20/h5-10,15,19H,3-4,11-13H2,1-2H3. The molecule has 1 N–H and O–H groups in total. The SMILES string of the molecule is Cc1ccc(C(C)NCc2ccc(N3CCCC3)cc2)s1. The molecule has 0 spiro atoms. The van der Waals surface area contributed by atoms with Crippen LogP contribution in [0.25, 0.3) is 0 Å². The quantitative estimate of drug-likeness (QED) is 0.874. The number of benzene rings is 1. The number of rotatable bonds is 5. The molecule has 2 heterocycles. The number of anilines is 1. The molecule has 0 amide bonds. The molecule has 1 atom stereocenters. The van der Waals surface area contributed by atoms with Crippen LogP contribution in [0.1, 0.15) is 41.1 Å². The molecule has 1 saturated heterocycles. The largest absolute Gasteiger partial charge is 0.372 e. The first kappa shape index (κ1) is 14.6. The van der Waals surface area contributed by atoms with Crippen molar-refractivity contribution in [2.45, 2.75) is 39.3 Å². The van der Waals surface area contributed by atoms with Gasteiger partial charge in [-0.1, -0.05) is 12.1 Å². The fraction of sp³-hybridized carbons (Fsp3) is 0.444. The van der Waals surface area contributed by atoms with E-state index < -0.39 is 0 Å². The molecule has 112 valence electrons. The minimum absolute atomic E-state index is 0.418. The highest BCUT2D eigenvalue weighted by atomic mass is 32.1. The maximum Gasteiger partial charge on any atom is 0.0388 e. The zero-order valence-electron chi connectivity index (χ0n) is 12.9. The van der Waals surface area contributed by atoms with Crippen molar-refractivity contribution in [2.75, 3.05) is 18.0 Å². The van der Waals surface area contributed by atoms with Crippen molar-refractivity contribution in [3.8, 4) is 0 Å². The van der Waals surface area contributed by atoms with Crippen molar-refractivity contribution in [2.24, 2.45) is 0 Å². The minimum Gasteiger partial charge on any atom is -0.372 e. The lowest BCUT2D eigenvalue weighted by Crippen LogP contribution is -2.18. The first-order chi connectivity index (χ1) is 10.2. The fourth-order valence-corrected chi connectivity index (χ4v) is 3.76. The topological polar surface area (TPSA) is 15.3 Å². The van der Waals surface area contributed by atoms with Gasteiger partial charge in [0.15, 0.2) is 0 Å². The van der Waals surface area contributed by atoms with Gasteiger partial charge < -0.3 is 10.2 Å². The van der Waals surface area contributed by atoms with Gasteiger partial charge in [0.1, 0.15) is 0 Å². The van der Waals surface area contributed by atoms with Gasteiger partial charge in [0, 0.05) is 41.1 Å². The molecule has 1 fully saturated rings. The molecule has 3 heteroatoms. The Morgan fingerprint density at radius 3 is 2.43 bits per heavy atom. The highest BCUT2D eigenvalue weighted by Crippen LogP contribution is 2.23. The summed E-state index contributed by atoms with van der Waals surface area (Å²) in [5.74, 6) is 0. The first-order valence-corrected chi connectivity index (χ1v) is 8.67. The van der Waals surface area contributed by atoms with E-state index in [0.717, 1.165) is 6.54 Å². The summed E-state index contributed by atoms with van der Waals surface area (Å²) in [5.41, 5.74) is 2.73. The Hall–Kier alpha value is -1.32. The van der Waals surface area contributed by atoms with Gasteiger partial charge in [0.05, 0.1) is 0 Å². The van der Waals surface area contributed by atoms with E-state index in [1.165, 1.54) is 46.9 Å². The Bertz CT molecular complexity index is 567. The molecule has 0 saturated carbocycles. The molecular formula is C18H24N2S. The summed E-state index contributed by atoms with van der Waals surface area (Å²) in [7, 11) is 0. The summed E-state index contributed by atoms with van der Waals surface area (Å²) in [6.07, 6.45) is 2.67. The highest BCUT2D eigenvalue weighted by Gasteiger charge is 2.12. The first-order valence-electron chi connectivity index (χ1n) is 7.86. The van der Waals surface area contributed by atoms with Gasteiger partial charge in [-0.05, 0) is 56.5 Å². The Balaban J connectivity index is 1.55. The number of nitrogens with one attached hydrogen (secondary N) is 1. The van der Waals surface area contributed by atoms with Crippen LogP contribution in [0.4, 0.5) is 5.69 Å². The van der Waals surface area contributed by atoms with E-state index in [1.807, 2.05) is 11.3 Å². The number of hydrogen-bond acceptors (Lipinski definition) is 3. The smallest absolute Gasteiger partial charge is 0.0388 e. The normalized spacial score (nSPS) is 16.4. The second-order valence-electron chi connectivity index (χ2n) is 5.91. The lowest BCUT2D eigenvalue weighted by molar-refractivity contribution is 0.583. The van der Waals surface area contributed by atoms with Crippen LogP contribution in [0.3, 0.4) is 0 Å². The summed E-state index contributed by atoms with van der Waals surface area (Å²) >= 11 is 1.88. The van der Waals surface area contributed by atoms with E-state index in [-0.39, 0.29) is 0 Å². The molecule has 1 unspecified atom stereocenters. The third-order valence-electron chi connectivity index (χ3n) is 4.21. The molecular weight excluding hydrogens is 276 g/mol. The van der Waals surface area contributed by atoms with Crippen LogP contribution >= 0.6 is 11.3 Å². The van der Waals surface area contributed by atoms with Crippen molar-refractivity contribution in [3.63, 3.8) is 0 Å². The molecule has 0 radical (unpaired) electrons. The van der Waals surface area contributed by atoms with E-state index in [4.69, 9.17) is 0 Å². The van der Waals surface area contributed by atoms with Gasteiger partial charge in [0.2, 0.25) is 0 Å². The fourth-order valence-electron chi connectivity index (χ4n) is 2.86. The van der Waals surface area contributed by atoms with Crippen LogP contribution < -0.4 is 10.2 Å². The summed E-state index contributed by atoms with van der Waals surface area (Å²) in [6, 6.07) is 13.9. The molecule has 2 aromatic rings. The average Bonchev–Trinajstić information content (AvgIpc) is 3.16. The lowest BCUT2D eigenvalue weighted by Gasteiger charge is -2.18. The van der Waals surface area contributed by atoms with Crippen LogP contribution in [0.15, 0.2) is 36.4 Å². The average molecular weight is 300 g/mol. The lowest BCUT2D eigenvalue weighted by atomic mass is 10.2. The monoisotopic (exact) mass is 300 g/mol. The second kappa shape index (κ2) is 6.63. The van der Waals surface area contributed by atoms with Gasteiger partial charge in [-0.25, -0.2) is 0 Å². The van der Waals surface area contributed by atoms with E-state index in [0.29, 0.717) is 6.04 Å². The predicted octanol–water partition coefficient (Wildman–Crippen LogP) is 4.51. The van der Waals surface area contributed by atoms with Crippen LogP contribution in [-0.4, -0.2) is 13.1 Å². The molecule has 1 aromatic heterocycles. The van der Waals surface area contributed by atoms with Gasteiger partial charge in [-0.3, -0.25) is 0 Å². The molecule has 3 rings (SSSR count). The van der Waals surface area contributed by atoms with Crippen molar-refractivity contribution in [3.05, 3.63) is 51.7 Å². The summed E-state index contributed by atoms with van der Waals surface area (Å²) in [4.78, 5) is 5.28. The third-order valence-corrected chi connectivity index (χ3v) is 5.39. The van der Waals surface area contributed by atoms with E-state index in [1.54, 1.807) is 0 Å². The molecule has 1 aromatic carbocycles. The second-order valence-corrected chi connectivity index (χ2v) is 7.23. The molecule has 2 nitrogen and oxygen atoms in total. The number of aryl methyl sites for hydroxylation is 1. The van der Waals surface area contributed by atoms with E-state index in [2.05, 4.69) is 60.5 Å². The van der Waals surface area contributed by atoms with Crippen molar-refractivity contribution in [1.29, 1.82) is 0 Å². The van der Waals surface area contributed by atoms with Gasteiger partial charge >= 0.3 is 0 Å². The Morgan fingerprint density at radius 2 is 1.81 bits per heavy atom. The summed E-state index contributed by atoms with van der Waals surface area (Å²) < 4.78 is 0. The Kier molecular flexibility index (Phi) is 4.61. The zero-order chi connectivity index (χ0) is 14.7. The van der Waals surface area contributed by atoms with Crippen LogP contribution in [0.5, 0.6) is 0 Å². The Labute approximate surface area is 131 Å². The van der Waals surface area contributed by atoms with Crippen LogP contribution in [0, 0.1) is 6.92 Å². The van der Waals surface area contributed by atoms with Crippen molar-refractivity contribution >= 4 is 17.0 Å². The highest BCUT2D eigenvalue weighted by molar-refractivity contribution is 7.12. The van der Waals surface area contributed by atoms with Gasteiger partial charge in [-0.2, -0.15) is 0 Å². The van der Waals surface area contributed by atoms with Gasteiger partial charge in [0.25, 0.3) is 0 Å².